The summed E-state index contributed by atoms with van der Waals surface area (Å²) in [5, 5.41) is 9.36. The average molecular weight is 270 g/mol. The maximum Gasteiger partial charge on any atom is 0.407 e. The normalized spacial score (nSPS) is 28.2. The van der Waals surface area contributed by atoms with Gasteiger partial charge in [-0.25, -0.2) is 4.79 Å². The van der Waals surface area contributed by atoms with Gasteiger partial charge in [-0.3, -0.25) is 0 Å². The third-order valence-corrected chi connectivity index (χ3v) is 4.08. The monoisotopic (exact) mass is 270 g/mol. The van der Waals surface area contributed by atoms with E-state index in [2.05, 4.69) is 27.7 Å². The van der Waals surface area contributed by atoms with Crippen LogP contribution in [0.25, 0.3) is 0 Å². The predicted octanol–water partition coefficient (Wildman–Crippen LogP) is 3.17. The first kappa shape index (κ1) is 16.3. The zero-order chi connectivity index (χ0) is 14.7. The van der Waals surface area contributed by atoms with Crippen LogP contribution >= 0.6 is 0 Å². The van der Waals surface area contributed by atoms with Crippen molar-refractivity contribution in [1.29, 1.82) is 0 Å². The van der Waals surface area contributed by atoms with E-state index in [1.165, 1.54) is 12.8 Å². The number of hydrogen-bond acceptors (Lipinski definition) is 2. The lowest BCUT2D eigenvalue weighted by molar-refractivity contribution is 0.0912. The Morgan fingerprint density at radius 2 is 2.11 bits per heavy atom. The van der Waals surface area contributed by atoms with E-state index in [4.69, 9.17) is 5.73 Å². The first-order valence-corrected chi connectivity index (χ1v) is 7.33. The molecule has 4 nitrogen and oxygen atoms in total. The van der Waals surface area contributed by atoms with Crippen molar-refractivity contribution in [2.24, 2.45) is 22.5 Å². The highest BCUT2D eigenvalue weighted by Crippen LogP contribution is 2.38. The molecule has 1 aliphatic rings. The van der Waals surface area contributed by atoms with Gasteiger partial charge in [0.05, 0.1) is 0 Å². The van der Waals surface area contributed by atoms with Crippen LogP contribution in [0.2, 0.25) is 0 Å². The summed E-state index contributed by atoms with van der Waals surface area (Å²) >= 11 is 0. The minimum absolute atomic E-state index is 0.00419. The van der Waals surface area contributed by atoms with Gasteiger partial charge in [-0.1, -0.05) is 34.1 Å². The zero-order valence-corrected chi connectivity index (χ0v) is 12.9. The minimum atomic E-state index is -0.796. The first-order valence-electron chi connectivity index (χ1n) is 7.33. The summed E-state index contributed by atoms with van der Waals surface area (Å²) in [5.74, 6) is 0.459. The van der Waals surface area contributed by atoms with Gasteiger partial charge in [0, 0.05) is 13.1 Å². The summed E-state index contributed by atoms with van der Waals surface area (Å²) < 4.78 is 0. The summed E-state index contributed by atoms with van der Waals surface area (Å²) in [6.07, 6.45) is 3.73. The molecule has 0 saturated heterocycles. The first-order chi connectivity index (χ1) is 8.65. The largest absolute Gasteiger partial charge is 0.465 e. The van der Waals surface area contributed by atoms with Crippen LogP contribution in [0, 0.1) is 16.7 Å². The Morgan fingerprint density at radius 1 is 1.47 bits per heavy atom. The molecule has 0 bridgehead atoms. The highest BCUT2D eigenvalue weighted by Gasteiger charge is 2.33. The topological polar surface area (TPSA) is 66.6 Å². The van der Waals surface area contributed by atoms with Crippen LogP contribution in [-0.4, -0.2) is 35.7 Å². The number of amides is 1. The lowest BCUT2D eigenvalue weighted by Gasteiger charge is -2.39. The van der Waals surface area contributed by atoms with Crippen LogP contribution in [0.4, 0.5) is 4.79 Å². The van der Waals surface area contributed by atoms with Crippen LogP contribution in [0.3, 0.4) is 0 Å². The van der Waals surface area contributed by atoms with Crippen LogP contribution in [0.15, 0.2) is 0 Å². The molecule has 1 saturated carbocycles. The van der Waals surface area contributed by atoms with E-state index in [1.807, 2.05) is 0 Å². The Hall–Kier alpha value is -0.770. The van der Waals surface area contributed by atoms with Crippen molar-refractivity contribution in [1.82, 2.24) is 4.90 Å². The van der Waals surface area contributed by atoms with E-state index in [0.29, 0.717) is 25.6 Å². The van der Waals surface area contributed by atoms with Crippen LogP contribution in [0.5, 0.6) is 0 Å². The lowest BCUT2D eigenvalue weighted by atomic mass is 9.71. The molecular weight excluding hydrogens is 240 g/mol. The summed E-state index contributed by atoms with van der Waals surface area (Å²) in [5.41, 5.74) is 6.07. The molecule has 112 valence electrons. The van der Waals surface area contributed by atoms with Gasteiger partial charge < -0.3 is 15.7 Å². The Morgan fingerprint density at radius 3 is 2.58 bits per heavy atom. The molecule has 0 heterocycles. The molecule has 3 N–H and O–H groups in total. The summed E-state index contributed by atoms with van der Waals surface area (Å²) in [4.78, 5) is 13.0. The van der Waals surface area contributed by atoms with Crippen molar-refractivity contribution in [2.75, 3.05) is 19.6 Å². The number of hydrogen-bond donors (Lipinski definition) is 2. The molecule has 1 aliphatic carbocycles. The Labute approximate surface area is 117 Å². The highest BCUT2D eigenvalue weighted by atomic mass is 16.4. The molecule has 2 atom stereocenters. The Kier molecular flexibility index (Phi) is 5.25. The van der Waals surface area contributed by atoms with Gasteiger partial charge in [-0.05, 0) is 42.6 Å². The molecule has 0 aromatic rings. The summed E-state index contributed by atoms with van der Waals surface area (Å²) in [7, 11) is 0. The van der Waals surface area contributed by atoms with Crippen LogP contribution < -0.4 is 5.73 Å². The Bertz CT molecular complexity index is 312. The number of rotatable bonds is 4. The fourth-order valence-corrected chi connectivity index (χ4v) is 3.15. The van der Waals surface area contributed by atoms with Crippen molar-refractivity contribution >= 4 is 6.09 Å². The standard InChI is InChI=1S/C15H30N2O2/c1-14(2,3)11-17(13(18)19)9-12-6-5-7-15(4,8-12)10-16/h12H,5-11,16H2,1-4H3,(H,18,19). The van der Waals surface area contributed by atoms with Crippen molar-refractivity contribution in [3.63, 3.8) is 0 Å². The van der Waals surface area contributed by atoms with Crippen LogP contribution in [-0.2, 0) is 0 Å². The molecule has 19 heavy (non-hydrogen) atoms. The fourth-order valence-electron chi connectivity index (χ4n) is 3.15. The van der Waals surface area contributed by atoms with Crippen molar-refractivity contribution < 1.29 is 9.90 Å². The average Bonchev–Trinajstić information content (AvgIpc) is 2.26. The second-order valence-corrected chi connectivity index (χ2v) is 7.70. The maximum atomic E-state index is 11.4. The number of carboxylic acid groups (broad SMARTS) is 1. The predicted molar refractivity (Wildman–Crippen MR) is 78.2 cm³/mol. The van der Waals surface area contributed by atoms with E-state index >= 15 is 0 Å². The van der Waals surface area contributed by atoms with E-state index in [-0.39, 0.29) is 10.8 Å². The third-order valence-electron chi connectivity index (χ3n) is 4.08. The molecule has 4 heteroatoms. The second kappa shape index (κ2) is 6.12. The molecule has 1 amide bonds. The molecule has 0 radical (unpaired) electrons. The van der Waals surface area contributed by atoms with E-state index in [1.54, 1.807) is 4.90 Å². The van der Waals surface area contributed by atoms with Crippen molar-refractivity contribution in [3.05, 3.63) is 0 Å². The SMILES string of the molecule is CC(C)(C)CN(CC1CCCC(C)(CN)C1)C(=O)O. The molecule has 2 unspecified atom stereocenters. The smallest absolute Gasteiger partial charge is 0.407 e. The fraction of sp³-hybridized carbons (Fsp3) is 0.933. The summed E-state index contributed by atoms with van der Waals surface area (Å²) in [6.45, 7) is 10.4. The second-order valence-electron chi connectivity index (χ2n) is 7.70. The summed E-state index contributed by atoms with van der Waals surface area (Å²) in [6, 6.07) is 0. The Balaban J connectivity index is 2.62. The van der Waals surface area contributed by atoms with Crippen molar-refractivity contribution in [3.8, 4) is 0 Å². The maximum absolute atomic E-state index is 11.4. The molecule has 1 fully saturated rings. The molecular formula is C15H30N2O2. The number of carbonyl (C=O) groups is 1. The number of nitrogens with zero attached hydrogens (tertiary/aromatic N) is 1. The van der Waals surface area contributed by atoms with Gasteiger partial charge in [-0.2, -0.15) is 0 Å². The van der Waals surface area contributed by atoms with Gasteiger partial charge in [0.2, 0.25) is 0 Å². The van der Waals surface area contributed by atoms with Gasteiger partial charge >= 0.3 is 6.09 Å². The quantitative estimate of drug-likeness (QED) is 0.824. The van der Waals surface area contributed by atoms with E-state index in [9.17, 15) is 9.90 Å². The molecule has 0 spiro atoms. The van der Waals surface area contributed by atoms with Crippen molar-refractivity contribution in [2.45, 2.75) is 53.4 Å². The van der Waals surface area contributed by atoms with E-state index < -0.39 is 6.09 Å². The molecule has 0 aromatic heterocycles. The minimum Gasteiger partial charge on any atom is -0.465 e. The molecule has 0 aliphatic heterocycles. The third kappa shape index (κ3) is 5.39. The zero-order valence-electron chi connectivity index (χ0n) is 12.9. The van der Waals surface area contributed by atoms with Gasteiger partial charge in [0.25, 0.3) is 0 Å². The molecule has 1 rings (SSSR count). The highest BCUT2D eigenvalue weighted by molar-refractivity contribution is 5.65. The van der Waals surface area contributed by atoms with E-state index in [0.717, 1.165) is 12.8 Å². The van der Waals surface area contributed by atoms with Gasteiger partial charge in [-0.15, -0.1) is 0 Å². The van der Waals surface area contributed by atoms with Gasteiger partial charge in [0.1, 0.15) is 0 Å². The number of nitrogens with two attached hydrogens (primary N) is 1. The van der Waals surface area contributed by atoms with Crippen LogP contribution in [0.1, 0.15) is 53.4 Å². The van der Waals surface area contributed by atoms with Gasteiger partial charge in [0.15, 0.2) is 0 Å². The lowest BCUT2D eigenvalue weighted by Crippen LogP contribution is -2.43. The molecule has 0 aromatic carbocycles.